The van der Waals surface area contributed by atoms with Gasteiger partial charge in [0, 0.05) is 25.7 Å². The van der Waals surface area contributed by atoms with Crippen LogP contribution in [0.15, 0.2) is 0 Å². The van der Waals surface area contributed by atoms with E-state index in [0.29, 0.717) is 6.04 Å². The van der Waals surface area contributed by atoms with Crippen molar-refractivity contribution < 1.29 is 9.47 Å². The molecular formula is C17H31NO2. The lowest BCUT2D eigenvalue weighted by Crippen LogP contribution is -2.46. The van der Waals surface area contributed by atoms with Crippen molar-refractivity contribution in [2.24, 2.45) is 11.8 Å². The Hall–Kier alpha value is -0.120. The van der Waals surface area contributed by atoms with Gasteiger partial charge in [-0.15, -0.1) is 0 Å². The van der Waals surface area contributed by atoms with Crippen molar-refractivity contribution in [3.05, 3.63) is 0 Å². The third-order valence-electron chi connectivity index (χ3n) is 5.90. The summed E-state index contributed by atoms with van der Waals surface area (Å²) < 4.78 is 11.7. The highest BCUT2D eigenvalue weighted by Gasteiger charge is 2.42. The summed E-state index contributed by atoms with van der Waals surface area (Å²) >= 11 is 0. The Kier molecular flexibility index (Phi) is 5.00. The molecule has 2 saturated heterocycles. The fourth-order valence-electron chi connectivity index (χ4n) is 4.60. The van der Waals surface area contributed by atoms with Crippen LogP contribution in [0.2, 0.25) is 0 Å². The number of ether oxygens (including phenoxy) is 2. The average Bonchev–Trinajstić information content (AvgIpc) is 3.12. The molecule has 1 N–H and O–H groups in total. The van der Waals surface area contributed by atoms with E-state index >= 15 is 0 Å². The summed E-state index contributed by atoms with van der Waals surface area (Å²) in [5, 5.41) is 3.61. The quantitative estimate of drug-likeness (QED) is 0.840. The fourth-order valence-corrected chi connectivity index (χ4v) is 4.60. The highest BCUT2D eigenvalue weighted by molar-refractivity contribution is 4.93. The van der Waals surface area contributed by atoms with E-state index < -0.39 is 0 Å². The molecule has 0 aromatic rings. The summed E-state index contributed by atoms with van der Waals surface area (Å²) in [5.74, 6) is 1.78. The molecule has 0 aromatic heterocycles. The third kappa shape index (κ3) is 3.37. The molecule has 3 unspecified atom stereocenters. The number of hydrogen-bond acceptors (Lipinski definition) is 3. The Morgan fingerprint density at radius 2 is 2.05 bits per heavy atom. The van der Waals surface area contributed by atoms with Crippen LogP contribution in [0.3, 0.4) is 0 Å². The smallest absolute Gasteiger partial charge is 0.0939 e. The van der Waals surface area contributed by atoms with E-state index in [4.69, 9.17) is 9.47 Å². The van der Waals surface area contributed by atoms with Crippen LogP contribution in [0.5, 0.6) is 0 Å². The first-order chi connectivity index (χ1) is 9.81. The normalized spacial score (nSPS) is 36.8. The minimum absolute atomic E-state index is 0.0609. The maximum absolute atomic E-state index is 6.08. The minimum atomic E-state index is 0.0609. The predicted molar refractivity (Wildman–Crippen MR) is 80.9 cm³/mol. The molecule has 0 bridgehead atoms. The molecule has 3 atom stereocenters. The van der Waals surface area contributed by atoms with E-state index in [1.807, 2.05) is 0 Å². The Balaban J connectivity index is 1.51. The molecule has 3 heteroatoms. The van der Waals surface area contributed by atoms with Crippen molar-refractivity contribution in [1.82, 2.24) is 5.32 Å². The van der Waals surface area contributed by atoms with Crippen LogP contribution < -0.4 is 5.32 Å². The molecule has 1 spiro atoms. The predicted octanol–water partition coefficient (Wildman–Crippen LogP) is 3.13. The molecule has 116 valence electrons. The van der Waals surface area contributed by atoms with Gasteiger partial charge in [-0.25, -0.2) is 0 Å². The summed E-state index contributed by atoms with van der Waals surface area (Å²) in [6.07, 6.45) is 12.2. The van der Waals surface area contributed by atoms with Gasteiger partial charge in [0.25, 0.3) is 0 Å². The molecular weight excluding hydrogens is 250 g/mol. The molecule has 1 aliphatic carbocycles. The Labute approximate surface area is 123 Å². The fraction of sp³-hybridized carbons (Fsp3) is 1.00. The molecule has 2 aliphatic heterocycles. The summed E-state index contributed by atoms with van der Waals surface area (Å²) in [7, 11) is 2.15. The zero-order valence-corrected chi connectivity index (χ0v) is 13.0. The topological polar surface area (TPSA) is 30.5 Å². The Bertz CT molecular complexity index is 295. The summed E-state index contributed by atoms with van der Waals surface area (Å²) in [5.41, 5.74) is 0.0609. The maximum atomic E-state index is 6.08. The van der Waals surface area contributed by atoms with Crippen LogP contribution in [0.4, 0.5) is 0 Å². The van der Waals surface area contributed by atoms with Crippen LogP contribution in [0.25, 0.3) is 0 Å². The standard InChI is InChI=1S/C17H31NO2/c1-18-16(7-6-14-4-2-3-5-14)15-8-10-20-17(12-15)9-11-19-13-17/h14-16,18H,2-13H2,1H3. The molecule has 20 heavy (non-hydrogen) atoms. The van der Waals surface area contributed by atoms with Gasteiger partial charge >= 0.3 is 0 Å². The second-order valence-corrected chi connectivity index (χ2v) is 7.21. The van der Waals surface area contributed by atoms with Gasteiger partial charge in [0.2, 0.25) is 0 Å². The van der Waals surface area contributed by atoms with Crippen LogP contribution in [0, 0.1) is 11.8 Å². The largest absolute Gasteiger partial charge is 0.378 e. The zero-order valence-electron chi connectivity index (χ0n) is 13.0. The van der Waals surface area contributed by atoms with E-state index in [2.05, 4.69) is 12.4 Å². The second kappa shape index (κ2) is 6.76. The van der Waals surface area contributed by atoms with Crippen LogP contribution in [-0.2, 0) is 9.47 Å². The van der Waals surface area contributed by atoms with Gasteiger partial charge in [0.05, 0.1) is 12.2 Å². The van der Waals surface area contributed by atoms with Crippen molar-refractivity contribution in [2.45, 2.75) is 69.4 Å². The van der Waals surface area contributed by atoms with Gasteiger partial charge in [-0.2, -0.15) is 0 Å². The van der Waals surface area contributed by atoms with Gasteiger partial charge in [0.1, 0.15) is 0 Å². The Morgan fingerprint density at radius 1 is 1.20 bits per heavy atom. The second-order valence-electron chi connectivity index (χ2n) is 7.21. The van der Waals surface area contributed by atoms with Crippen molar-refractivity contribution >= 4 is 0 Å². The monoisotopic (exact) mass is 281 g/mol. The summed E-state index contributed by atoms with van der Waals surface area (Å²) in [6.45, 7) is 2.64. The molecule has 3 nitrogen and oxygen atoms in total. The van der Waals surface area contributed by atoms with Crippen LogP contribution in [-0.4, -0.2) is 38.5 Å². The zero-order chi connectivity index (χ0) is 13.8. The lowest BCUT2D eigenvalue weighted by molar-refractivity contribution is -0.103. The number of rotatable bonds is 5. The van der Waals surface area contributed by atoms with E-state index in [0.717, 1.165) is 38.1 Å². The van der Waals surface area contributed by atoms with Gasteiger partial charge in [-0.05, 0) is 44.6 Å². The molecule has 3 rings (SSSR count). The SMILES string of the molecule is CNC(CCC1CCCC1)C1CCOC2(CCOC2)C1. The van der Waals surface area contributed by atoms with Gasteiger partial charge < -0.3 is 14.8 Å². The highest BCUT2D eigenvalue weighted by Crippen LogP contribution is 2.38. The first-order valence-electron chi connectivity index (χ1n) is 8.70. The van der Waals surface area contributed by atoms with Crippen molar-refractivity contribution in [1.29, 1.82) is 0 Å². The third-order valence-corrected chi connectivity index (χ3v) is 5.90. The van der Waals surface area contributed by atoms with Gasteiger partial charge in [0.15, 0.2) is 0 Å². The van der Waals surface area contributed by atoms with E-state index in [1.54, 1.807) is 0 Å². The van der Waals surface area contributed by atoms with E-state index in [1.165, 1.54) is 51.4 Å². The maximum Gasteiger partial charge on any atom is 0.0939 e. The van der Waals surface area contributed by atoms with Crippen LogP contribution >= 0.6 is 0 Å². The van der Waals surface area contributed by atoms with Crippen LogP contribution in [0.1, 0.15) is 57.8 Å². The minimum Gasteiger partial charge on any atom is -0.378 e. The molecule has 2 heterocycles. The lowest BCUT2D eigenvalue weighted by Gasteiger charge is -2.40. The van der Waals surface area contributed by atoms with Gasteiger partial charge in [-0.3, -0.25) is 0 Å². The first kappa shape index (κ1) is 14.8. The Morgan fingerprint density at radius 3 is 2.75 bits per heavy atom. The molecule has 0 aromatic carbocycles. The summed E-state index contributed by atoms with van der Waals surface area (Å²) in [6, 6.07) is 0.678. The molecule has 1 saturated carbocycles. The van der Waals surface area contributed by atoms with E-state index in [-0.39, 0.29) is 5.60 Å². The average molecular weight is 281 g/mol. The van der Waals surface area contributed by atoms with Crippen molar-refractivity contribution in [2.75, 3.05) is 26.9 Å². The number of hydrogen-bond donors (Lipinski definition) is 1. The number of nitrogens with one attached hydrogen (secondary N) is 1. The molecule has 3 fully saturated rings. The van der Waals surface area contributed by atoms with Crippen molar-refractivity contribution in [3.8, 4) is 0 Å². The lowest BCUT2D eigenvalue weighted by atomic mass is 9.79. The molecule has 0 radical (unpaired) electrons. The first-order valence-corrected chi connectivity index (χ1v) is 8.70. The highest BCUT2D eigenvalue weighted by atomic mass is 16.6. The van der Waals surface area contributed by atoms with Crippen molar-refractivity contribution in [3.63, 3.8) is 0 Å². The molecule has 3 aliphatic rings. The van der Waals surface area contributed by atoms with E-state index in [9.17, 15) is 0 Å². The molecule has 0 amide bonds. The van der Waals surface area contributed by atoms with Gasteiger partial charge in [-0.1, -0.05) is 25.7 Å². The summed E-state index contributed by atoms with van der Waals surface area (Å²) in [4.78, 5) is 0.